The quantitative estimate of drug-likeness (QED) is 0.792. The highest BCUT2D eigenvalue weighted by Crippen LogP contribution is 2.16. The number of hydrazone groups is 1. The number of carboxylic acids is 1. The van der Waals surface area contributed by atoms with Crippen LogP contribution in [-0.4, -0.2) is 29.9 Å². The standard InChI is InChI=1S/C11H12N2O3/c1-16-8-4-2-7(3-5-8)9-6-10(11(14)15)13-12-9/h2-5,10,13H,6H2,1H3,(H,14,15). The lowest BCUT2D eigenvalue weighted by Crippen LogP contribution is -2.29. The van der Waals surface area contributed by atoms with E-state index in [1.807, 2.05) is 24.3 Å². The van der Waals surface area contributed by atoms with Crippen LogP contribution in [0.1, 0.15) is 12.0 Å². The van der Waals surface area contributed by atoms with E-state index >= 15 is 0 Å². The van der Waals surface area contributed by atoms with Crippen molar-refractivity contribution in [1.29, 1.82) is 0 Å². The van der Waals surface area contributed by atoms with Crippen LogP contribution in [0.4, 0.5) is 0 Å². The maximum atomic E-state index is 10.7. The molecule has 0 spiro atoms. The Hall–Kier alpha value is -2.04. The number of hydrogen-bond acceptors (Lipinski definition) is 4. The molecule has 0 bridgehead atoms. The van der Waals surface area contributed by atoms with Crippen LogP contribution in [0.2, 0.25) is 0 Å². The summed E-state index contributed by atoms with van der Waals surface area (Å²) < 4.78 is 5.04. The third kappa shape index (κ3) is 1.98. The molecule has 0 saturated heterocycles. The van der Waals surface area contributed by atoms with Crippen LogP contribution in [0.15, 0.2) is 29.4 Å². The van der Waals surface area contributed by atoms with Gasteiger partial charge < -0.3 is 9.84 Å². The van der Waals surface area contributed by atoms with Gasteiger partial charge in [-0.1, -0.05) is 0 Å². The first-order valence-corrected chi connectivity index (χ1v) is 4.90. The van der Waals surface area contributed by atoms with Gasteiger partial charge in [0, 0.05) is 6.42 Å². The zero-order valence-electron chi connectivity index (χ0n) is 8.80. The molecule has 1 unspecified atom stereocenters. The van der Waals surface area contributed by atoms with Gasteiger partial charge in [0.2, 0.25) is 0 Å². The average molecular weight is 220 g/mol. The van der Waals surface area contributed by atoms with Gasteiger partial charge in [-0.05, 0) is 29.8 Å². The summed E-state index contributed by atoms with van der Waals surface area (Å²) in [5.74, 6) is -0.114. The molecule has 1 aromatic rings. The average Bonchev–Trinajstić information content (AvgIpc) is 2.78. The Morgan fingerprint density at radius 1 is 1.50 bits per heavy atom. The third-order valence-electron chi connectivity index (χ3n) is 2.47. The minimum Gasteiger partial charge on any atom is -0.497 e. The van der Waals surface area contributed by atoms with Gasteiger partial charge in [0.25, 0.3) is 0 Å². The van der Waals surface area contributed by atoms with Gasteiger partial charge in [-0.15, -0.1) is 0 Å². The molecule has 0 fully saturated rings. The second kappa shape index (κ2) is 4.22. The molecule has 1 aliphatic rings. The summed E-state index contributed by atoms with van der Waals surface area (Å²) in [6, 6.07) is 6.77. The lowest BCUT2D eigenvalue weighted by atomic mass is 10.0. The maximum absolute atomic E-state index is 10.7. The number of rotatable bonds is 3. The fourth-order valence-electron chi connectivity index (χ4n) is 1.55. The Bertz CT molecular complexity index is 425. The Morgan fingerprint density at radius 2 is 2.19 bits per heavy atom. The van der Waals surface area contributed by atoms with E-state index in [0.29, 0.717) is 6.42 Å². The molecule has 1 aromatic carbocycles. The Morgan fingerprint density at radius 3 is 2.69 bits per heavy atom. The van der Waals surface area contributed by atoms with Gasteiger partial charge in [-0.25, -0.2) is 4.79 Å². The van der Waals surface area contributed by atoms with Crippen molar-refractivity contribution in [3.63, 3.8) is 0 Å². The van der Waals surface area contributed by atoms with Crippen LogP contribution in [0, 0.1) is 0 Å². The number of nitrogens with one attached hydrogen (secondary N) is 1. The molecule has 0 radical (unpaired) electrons. The molecule has 0 saturated carbocycles. The molecule has 0 amide bonds. The van der Waals surface area contributed by atoms with Crippen molar-refractivity contribution in [3.05, 3.63) is 29.8 Å². The number of carboxylic acid groups (broad SMARTS) is 1. The molecule has 0 aromatic heterocycles. The van der Waals surface area contributed by atoms with E-state index < -0.39 is 12.0 Å². The van der Waals surface area contributed by atoms with Crippen molar-refractivity contribution >= 4 is 11.7 Å². The molecule has 5 nitrogen and oxygen atoms in total. The molecule has 2 N–H and O–H groups in total. The fraction of sp³-hybridized carbons (Fsp3) is 0.273. The summed E-state index contributed by atoms with van der Waals surface area (Å²) in [7, 11) is 1.60. The van der Waals surface area contributed by atoms with Crippen molar-refractivity contribution in [2.75, 3.05) is 7.11 Å². The van der Waals surface area contributed by atoms with E-state index in [4.69, 9.17) is 9.84 Å². The van der Waals surface area contributed by atoms with Crippen molar-refractivity contribution in [2.45, 2.75) is 12.5 Å². The van der Waals surface area contributed by atoms with E-state index in [-0.39, 0.29) is 0 Å². The molecule has 16 heavy (non-hydrogen) atoms. The Kier molecular flexibility index (Phi) is 2.76. The summed E-state index contributed by atoms with van der Waals surface area (Å²) in [4.78, 5) is 10.7. The molecule has 1 atom stereocenters. The van der Waals surface area contributed by atoms with Gasteiger partial charge in [0.15, 0.2) is 0 Å². The van der Waals surface area contributed by atoms with E-state index in [2.05, 4.69) is 10.5 Å². The molecule has 84 valence electrons. The predicted octanol–water partition coefficient (Wildman–Crippen LogP) is 0.846. The van der Waals surface area contributed by atoms with Crippen LogP contribution >= 0.6 is 0 Å². The van der Waals surface area contributed by atoms with Crippen LogP contribution < -0.4 is 10.2 Å². The molecule has 5 heteroatoms. The predicted molar refractivity (Wildman–Crippen MR) is 58.7 cm³/mol. The van der Waals surface area contributed by atoms with Crippen molar-refractivity contribution in [1.82, 2.24) is 5.43 Å². The number of nitrogens with zero attached hydrogens (tertiary/aromatic N) is 1. The molecular formula is C11H12N2O3. The van der Waals surface area contributed by atoms with Crippen molar-refractivity contribution in [2.24, 2.45) is 5.10 Å². The van der Waals surface area contributed by atoms with E-state index in [0.717, 1.165) is 17.0 Å². The maximum Gasteiger partial charge on any atom is 0.328 e. The fourth-order valence-corrected chi connectivity index (χ4v) is 1.55. The number of ether oxygens (including phenoxy) is 1. The summed E-state index contributed by atoms with van der Waals surface area (Å²) in [6.45, 7) is 0. The van der Waals surface area contributed by atoms with Crippen LogP contribution in [0.25, 0.3) is 0 Å². The van der Waals surface area contributed by atoms with Gasteiger partial charge in [-0.3, -0.25) is 5.43 Å². The third-order valence-corrected chi connectivity index (χ3v) is 2.47. The van der Waals surface area contributed by atoms with Gasteiger partial charge >= 0.3 is 5.97 Å². The second-order valence-electron chi connectivity index (χ2n) is 3.51. The monoisotopic (exact) mass is 220 g/mol. The van der Waals surface area contributed by atoms with Crippen molar-refractivity contribution in [3.8, 4) is 5.75 Å². The highest BCUT2D eigenvalue weighted by Gasteiger charge is 2.25. The lowest BCUT2D eigenvalue weighted by molar-refractivity contribution is -0.139. The minimum absolute atomic E-state index is 0.404. The first kappa shape index (κ1) is 10.5. The summed E-state index contributed by atoms with van der Waals surface area (Å²) in [6.07, 6.45) is 0.404. The smallest absolute Gasteiger partial charge is 0.328 e. The van der Waals surface area contributed by atoms with Gasteiger partial charge in [-0.2, -0.15) is 5.10 Å². The Labute approximate surface area is 92.7 Å². The van der Waals surface area contributed by atoms with E-state index in [1.165, 1.54) is 0 Å². The van der Waals surface area contributed by atoms with Crippen LogP contribution in [0.3, 0.4) is 0 Å². The molecule has 0 aliphatic carbocycles. The molecule has 2 rings (SSSR count). The second-order valence-corrected chi connectivity index (χ2v) is 3.51. The number of hydrogen-bond donors (Lipinski definition) is 2. The molecule has 1 heterocycles. The summed E-state index contributed by atoms with van der Waals surface area (Å²) >= 11 is 0. The first-order valence-electron chi connectivity index (χ1n) is 4.90. The molecule has 1 aliphatic heterocycles. The van der Waals surface area contributed by atoms with Gasteiger partial charge in [0.1, 0.15) is 11.8 Å². The highest BCUT2D eigenvalue weighted by molar-refractivity contribution is 6.04. The van der Waals surface area contributed by atoms with E-state index in [9.17, 15) is 4.79 Å². The SMILES string of the molecule is COc1ccc(C2=NNC(C(=O)O)C2)cc1. The lowest BCUT2D eigenvalue weighted by Gasteiger charge is -2.03. The number of aliphatic carboxylic acids is 1. The highest BCUT2D eigenvalue weighted by atomic mass is 16.5. The largest absolute Gasteiger partial charge is 0.497 e. The number of methoxy groups -OCH3 is 1. The summed E-state index contributed by atoms with van der Waals surface area (Å²) in [5, 5.41) is 12.8. The zero-order chi connectivity index (χ0) is 11.5. The topological polar surface area (TPSA) is 70.9 Å². The van der Waals surface area contributed by atoms with Crippen LogP contribution in [-0.2, 0) is 4.79 Å². The number of carbonyl (C=O) groups is 1. The first-order chi connectivity index (χ1) is 7.70. The van der Waals surface area contributed by atoms with Crippen molar-refractivity contribution < 1.29 is 14.6 Å². The Balaban J connectivity index is 2.11. The molecular weight excluding hydrogens is 208 g/mol. The number of benzene rings is 1. The normalized spacial score (nSPS) is 18.8. The van der Waals surface area contributed by atoms with E-state index in [1.54, 1.807) is 7.11 Å². The van der Waals surface area contributed by atoms with Gasteiger partial charge in [0.05, 0.1) is 12.8 Å². The minimum atomic E-state index is -0.882. The summed E-state index contributed by atoms with van der Waals surface area (Å²) in [5.41, 5.74) is 4.26. The zero-order valence-corrected chi connectivity index (χ0v) is 8.80. The van der Waals surface area contributed by atoms with Crippen LogP contribution in [0.5, 0.6) is 5.75 Å².